The topological polar surface area (TPSA) is 140 Å². The summed E-state index contributed by atoms with van der Waals surface area (Å²) < 4.78 is 23.4. The first-order chi connectivity index (χ1) is 13.3. The third-order valence-corrected chi connectivity index (χ3v) is 5.27. The molecule has 4 aromatic rings. The zero-order valence-corrected chi connectivity index (χ0v) is 15.9. The number of aromatic amines is 1. The monoisotopic (exact) mass is 395 g/mol. The number of pyridine rings is 1. The molecule has 0 spiro atoms. The van der Waals surface area contributed by atoms with Crippen LogP contribution in [-0.4, -0.2) is 39.8 Å². The molecular formula is C18H17N7O2S. The van der Waals surface area contributed by atoms with Crippen LogP contribution < -0.4 is 11.1 Å². The fourth-order valence-electron chi connectivity index (χ4n) is 2.78. The van der Waals surface area contributed by atoms with Crippen molar-refractivity contribution in [2.45, 2.75) is 11.8 Å². The van der Waals surface area contributed by atoms with E-state index in [1.54, 1.807) is 18.3 Å². The van der Waals surface area contributed by atoms with Gasteiger partial charge in [-0.15, -0.1) is 0 Å². The number of nitrogen functional groups attached to an aromatic ring is 1. The average Bonchev–Trinajstić information content (AvgIpc) is 3.04. The Kier molecular flexibility index (Phi) is 4.19. The summed E-state index contributed by atoms with van der Waals surface area (Å²) in [5, 5.41) is 10.9. The van der Waals surface area contributed by atoms with E-state index in [-0.39, 0.29) is 16.7 Å². The molecule has 0 amide bonds. The van der Waals surface area contributed by atoms with Crippen LogP contribution in [0.4, 0.5) is 17.5 Å². The van der Waals surface area contributed by atoms with Gasteiger partial charge < -0.3 is 11.1 Å². The Labute approximate surface area is 161 Å². The molecule has 0 aliphatic heterocycles. The maximum Gasteiger partial charge on any atom is 0.229 e. The number of benzene rings is 1. The highest BCUT2D eigenvalue weighted by Gasteiger charge is 2.14. The van der Waals surface area contributed by atoms with Gasteiger partial charge in [0, 0.05) is 29.2 Å². The van der Waals surface area contributed by atoms with Crippen molar-refractivity contribution >= 4 is 38.3 Å². The van der Waals surface area contributed by atoms with Crippen LogP contribution in [0, 0.1) is 6.92 Å². The highest BCUT2D eigenvalue weighted by atomic mass is 32.2. The molecule has 1 aromatic carbocycles. The summed E-state index contributed by atoms with van der Waals surface area (Å²) in [5.74, 6) is 0.507. The van der Waals surface area contributed by atoms with Crippen LogP contribution >= 0.6 is 0 Å². The number of H-pyrrole nitrogens is 1. The lowest BCUT2D eigenvalue weighted by Crippen LogP contribution is -2.03. The molecule has 0 atom stereocenters. The van der Waals surface area contributed by atoms with Crippen molar-refractivity contribution in [3.8, 4) is 11.3 Å². The van der Waals surface area contributed by atoms with Gasteiger partial charge in [0.15, 0.2) is 15.5 Å². The molecule has 4 rings (SSSR count). The summed E-state index contributed by atoms with van der Waals surface area (Å²) in [6.07, 6.45) is 2.73. The fraction of sp³-hybridized carbons (Fsp3) is 0.111. The van der Waals surface area contributed by atoms with Crippen molar-refractivity contribution in [3.05, 3.63) is 48.3 Å². The predicted octanol–water partition coefficient (Wildman–Crippen LogP) is 2.45. The molecule has 0 saturated heterocycles. The molecule has 142 valence electrons. The van der Waals surface area contributed by atoms with E-state index in [0.29, 0.717) is 22.6 Å². The van der Waals surface area contributed by atoms with Crippen molar-refractivity contribution < 1.29 is 8.42 Å². The van der Waals surface area contributed by atoms with Crippen LogP contribution in [-0.2, 0) is 9.84 Å². The van der Waals surface area contributed by atoms with E-state index in [4.69, 9.17) is 5.73 Å². The number of anilines is 3. The standard InChI is InChI=1S/C18H17N7O2S/c1-10-6-7-13-15(24-25-17(13)21-10)14-9-20-18(23-16(14)19)22-11-4-3-5-12(8-11)28(2,26)27/h3-9H,1-2H3,(H,21,24,25)(H3,19,20,22,23). The van der Waals surface area contributed by atoms with Gasteiger partial charge in [0.1, 0.15) is 5.82 Å². The molecule has 0 radical (unpaired) electrons. The third kappa shape index (κ3) is 3.37. The molecule has 3 aromatic heterocycles. The molecule has 0 aliphatic rings. The minimum Gasteiger partial charge on any atom is -0.383 e. The zero-order valence-electron chi connectivity index (χ0n) is 15.1. The summed E-state index contributed by atoms with van der Waals surface area (Å²) in [7, 11) is -3.31. The quantitative estimate of drug-likeness (QED) is 0.479. The summed E-state index contributed by atoms with van der Waals surface area (Å²) in [6, 6.07) is 10.2. The number of nitrogens with two attached hydrogens (primary N) is 1. The molecule has 0 aliphatic carbocycles. The van der Waals surface area contributed by atoms with Crippen LogP contribution in [0.3, 0.4) is 0 Å². The predicted molar refractivity (Wildman–Crippen MR) is 107 cm³/mol. The third-order valence-electron chi connectivity index (χ3n) is 4.16. The summed E-state index contributed by atoms with van der Waals surface area (Å²) >= 11 is 0. The van der Waals surface area contributed by atoms with Gasteiger partial charge in [0.25, 0.3) is 0 Å². The van der Waals surface area contributed by atoms with Gasteiger partial charge >= 0.3 is 0 Å². The lowest BCUT2D eigenvalue weighted by molar-refractivity contribution is 0.602. The van der Waals surface area contributed by atoms with Gasteiger partial charge in [0.2, 0.25) is 5.95 Å². The number of nitrogens with one attached hydrogen (secondary N) is 2. The molecule has 0 unspecified atom stereocenters. The van der Waals surface area contributed by atoms with Crippen LogP contribution in [0.1, 0.15) is 5.69 Å². The highest BCUT2D eigenvalue weighted by Crippen LogP contribution is 2.29. The summed E-state index contributed by atoms with van der Waals surface area (Å²) in [5.41, 5.74) is 9.42. The number of rotatable bonds is 4. The second-order valence-corrected chi connectivity index (χ2v) is 8.36. The number of sulfone groups is 1. The molecule has 9 nitrogen and oxygen atoms in total. The maximum atomic E-state index is 11.7. The molecular weight excluding hydrogens is 378 g/mol. The van der Waals surface area contributed by atoms with E-state index in [1.165, 1.54) is 12.1 Å². The van der Waals surface area contributed by atoms with Crippen LogP contribution in [0.25, 0.3) is 22.3 Å². The SMILES string of the molecule is Cc1ccc2c(-c3cnc(Nc4cccc(S(C)(=O)=O)c4)nc3N)[nH]nc2n1. The summed E-state index contributed by atoms with van der Waals surface area (Å²) in [4.78, 5) is 13.1. The fourth-order valence-corrected chi connectivity index (χ4v) is 3.45. The lowest BCUT2D eigenvalue weighted by atomic mass is 10.1. The second kappa shape index (κ2) is 6.57. The van der Waals surface area contributed by atoms with Crippen LogP contribution in [0.2, 0.25) is 0 Å². The minimum atomic E-state index is -3.31. The van der Waals surface area contributed by atoms with Crippen molar-refractivity contribution in [1.82, 2.24) is 25.1 Å². The number of fused-ring (bicyclic) bond motifs is 1. The summed E-state index contributed by atoms with van der Waals surface area (Å²) in [6.45, 7) is 1.89. The zero-order chi connectivity index (χ0) is 19.9. The molecule has 4 N–H and O–H groups in total. The number of aromatic nitrogens is 5. The van der Waals surface area contributed by atoms with Crippen LogP contribution in [0.15, 0.2) is 47.5 Å². The van der Waals surface area contributed by atoms with Gasteiger partial charge in [-0.3, -0.25) is 5.10 Å². The lowest BCUT2D eigenvalue weighted by Gasteiger charge is -2.09. The molecule has 28 heavy (non-hydrogen) atoms. The van der Waals surface area contributed by atoms with E-state index in [9.17, 15) is 8.42 Å². The second-order valence-electron chi connectivity index (χ2n) is 6.34. The van der Waals surface area contributed by atoms with Crippen molar-refractivity contribution in [2.24, 2.45) is 0 Å². The number of hydrogen-bond donors (Lipinski definition) is 3. The van der Waals surface area contributed by atoms with E-state index in [1.807, 2.05) is 19.1 Å². The van der Waals surface area contributed by atoms with E-state index < -0.39 is 9.84 Å². The van der Waals surface area contributed by atoms with E-state index in [0.717, 1.165) is 17.3 Å². The first-order valence-corrected chi connectivity index (χ1v) is 10.2. The first-order valence-electron chi connectivity index (χ1n) is 8.33. The maximum absolute atomic E-state index is 11.7. The molecule has 0 fully saturated rings. The van der Waals surface area contributed by atoms with Gasteiger partial charge in [-0.25, -0.2) is 18.4 Å². The van der Waals surface area contributed by atoms with Crippen molar-refractivity contribution in [2.75, 3.05) is 17.3 Å². The largest absolute Gasteiger partial charge is 0.383 e. The number of hydrogen-bond acceptors (Lipinski definition) is 8. The van der Waals surface area contributed by atoms with Crippen LogP contribution in [0.5, 0.6) is 0 Å². The molecule has 10 heteroatoms. The minimum absolute atomic E-state index is 0.203. The Bertz CT molecular complexity index is 1300. The molecule has 0 saturated carbocycles. The van der Waals surface area contributed by atoms with E-state index >= 15 is 0 Å². The Morgan fingerprint density at radius 2 is 1.96 bits per heavy atom. The molecule has 0 bridgehead atoms. The highest BCUT2D eigenvalue weighted by molar-refractivity contribution is 7.90. The number of aryl methyl sites for hydroxylation is 1. The number of nitrogens with zero attached hydrogens (tertiary/aromatic N) is 4. The van der Waals surface area contributed by atoms with Crippen molar-refractivity contribution in [1.29, 1.82) is 0 Å². The Balaban J connectivity index is 1.67. The van der Waals surface area contributed by atoms with Gasteiger partial charge in [-0.2, -0.15) is 10.1 Å². The average molecular weight is 395 g/mol. The molecule has 3 heterocycles. The Morgan fingerprint density at radius 3 is 2.71 bits per heavy atom. The Hall–Kier alpha value is -3.53. The Morgan fingerprint density at radius 1 is 1.14 bits per heavy atom. The van der Waals surface area contributed by atoms with Crippen molar-refractivity contribution in [3.63, 3.8) is 0 Å². The smallest absolute Gasteiger partial charge is 0.229 e. The normalized spacial score (nSPS) is 11.6. The van der Waals surface area contributed by atoms with Gasteiger partial charge in [0.05, 0.1) is 16.2 Å². The van der Waals surface area contributed by atoms with E-state index in [2.05, 4.69) is 30.5 Å². The van der Waals surface area contributed by atoms with Gasteiger partial charge in [-0.05, 0) is 37.3 Å². The first kappa shape index (κ1) is 17.9. The van der Waals surface area contributed by atoms with Gasteiger partial charge in [-0.1, -0.05) is 6.07 Å².